The quantitative estimate of drug-likeness (QED) is 0.824. The molecule has 3 atom stereocenters. The number of nitrogens with zero attached hydrogens (tertiary/aromatic N) is 1. The minimum atomic E-state index is -4.68. The first kappa shape index (κ1) is 14.9. The van der Waals surface area contributed by atoms with Crippen LogP contribution in [0.2, 0.25) is 0 Å². The van der Waals surface area contributed by atoms with Crippen LogP contribution in [0.25, 0.3) is 0 Å². The van der Waals surface area contributed by atoms with Crippen molar-refractivity contribution in [2.45, 2.75) is 31.1 Å². The molecule has 1 aliphatic heterocycles. The van der Waals surface area contributed by atoms with Gasteiger partial charge in [0.05, 0.1) is 0 Å². The summed E-state index contributed by atoms with van der Waals surface area (Å²) in [5.74, 6) is -0.594. The molecule has 1 aromatic carbocycles. The molecule has 22 heavy (non-hydrogen) atoms. The number of carbonyl (C=O) groups is 2. The molecular formula is C13H13NO7S. The van der Waals surface area contributed by atoms with Crippen LogP contribution in [0.4, 0.5) is 4.79 Å². The Labute approximate surface area is 126 Å². The monoisotopic (exact) mass is 327 g/mol. The summed E-state index contributed by atoms with van der Waals surface area (Å²) in [6.45, 7) is 0. The molecule has 0 unspecified atom stereocenters. The number of hydrogen-bond donors (Lipinski definition) is 1. The van der Waals surface area contributed by atoms with Crippen molar-refractivity contribution in [2.24, 2.45) is 0 Å². The van der Waals surface area contributed by atoms with Gasteiger partial charge >= 0.3 is 16.5 Å². The van der Waals surface area contributed by atoms with E-state index in [2.05, 4.69) is 4.18 Å². The van der Waals surface area contributed by atoms with Gasteiger partial charge in [-0.3, -0.25) is 9.35 Å². The Morgan fingerprint density at radius 3 is 2.59 bits per heavy atom. The Morgan fingerprint density at radius 2 is 1.95 bits per heavy atom. The Balaban J connectivity index is 1.89. The highest BCUT2D eigenvalue weighted by molar-refractivity contribution is 7.80. The second-order valence-corrected chi connectivity index (χ2v) is 6.14. The zero-order valence-electron chi connectivity index (χ0n) is 11.3. The van der Waals surface area contributed by atoms with E-state index >= 15 is 0 Å². The number of ether oxygens (including phenoxy) is 1. The highest BCUT2D eigenvalue weighted by atomic mass is 32.3. The standard InChI is InChI=1S/C13H13NO7S/c15-12(8-4-2-1-3-5-8)14-11-9(20-13(14)16)6-7-10(11)21-22(17,18)19/h1-5,9-11H,6-7H2,(H,17,18,19)/t9-,10-,11-/m1/s1. The van der Waals surface area contributed by atoms with E-state index in [1.807, 2.05) is 0 Å². The second kappa shape index (κ2) is 5.34. The Morgan fingerprint density at radius 1 is 1.27 bits per heavy atom. The summed E-state index contributed by atoms with van der Waals surface area (Å²) >= 11 is 0. The van der Waals surface area contributed by atoms with Crippen molar-refractivity contribution in [3.63, 3.8) is 0 Å². The molecule has 8 nitrogen and oxygen atoms in total. The molecule has 118 valence electrons. The van der Waals surface area contributed by atoms with E-state index in [0.717, 1.165) is 4.90 Å². The summed E-state index contributed by atoms with van der Waals surface area (Å²) in [6, 6.07) is 7.22. The Kier molecular flexibility index (Phi) is 3.63. The van der Waals surface area contributed by atoms with E-state index in [0.29, 0.717) is 6.42 Å². The van der Waals surface area contributed by atoms with Crippen molar-refractivity contribution in [2.75, 3.05) is 0 Å². The van der Waals surface area contributed by atoms with Crippen LogP contribution < -0.4 is 0 Å². The van der Waals surface area contributed by atoms with E-state index in [1.165, 1.54) is 12.1 Å². The first-order valence-electron chi connectivity index (χ1n) is 6.62. The fraction of sp³-hybridized carbons (Fsp3) is 0.385. The van der Waals surface area contributed by atoms with Crippen molar-refractivity contribution in [3.05, 3.63) is 35.9 Å². The molecule has 1 saturated carbocycles. The Hall–Kier alpha value is -1.97. The summed E-state index contributed by atoms with van der Waals surface area (Å²) in [5, 5.41) is 0. The van der Waals surface area contributed by atoms with E-state index < -0.39 is 40.6 Å². The molecule has 1 N–H and O–H groups in total. The van der Waals surface area contributed by atoms with Crippen LogP contribution in [0, 0.1) is 0 Å². The van der Waals surface area contributed by atoms with Gasteiger partial charge in [-0.05, 0) is 25.0 Å². The molecule has 9 heteroatoms. The number of carbonyl (C=O) groups excluding carboxylic acids is 2. The third kappa shape index (κ3) is 2.70. The molecule has 1 aliphatic carbocycles. The van der Waals surface area contributed by atoms with Crippen LogP contribution in [0.15, 0.2) is 30.3 Å². The molecule has 0 spiro atoms. The maximum Gasteiger partial charge on any atom is 0.417 e. The molecule has 1 saturated heterocycles. The van der Waals surface area contributed by atoms with Gasteiger partial charge in [0.1, 0.15) is 18.2 Å². The fourth-order valence-electron chi connectivity index (χ4n) is 2.88. The predicted octanol–water partition coefficient (Wildman–Crippen LogP) is 0.998. The van der Waals surface area contributed by atoms with Crippen LogP contribution >= 0.6 is 0 Å². The number of imide groups is 1. The van der Waals surface area contributed by atoms with E-state index in [1.54, 1.807) is 18.2 Å². The molecule has 0 aromatic heterocycles. The number of amides is 2. The zero-order chi connectivity index (χ0) is 15.9. The van der Waals surface area contributed by atoms with E-state index in [9.17, 15) is 18.0 Å². The molecule has 0 radical (unpaired) electrons. The highest BCUT2D eigenvalue weighted by Crippen LogP contribution is 2.36. The first-order chi connectivity index (χ1) is 10.4. The average Bonchev–Trinajstić information content (AvgIpc) is 2.97. The summed E-state index contributed by atoms with van der Waals surface area (Å²) in [5.41, 5.74) is 0.276. The molecule has 2 aliphatic rings. The molecule has 3 rings (SSSR count). The zero-order valence-corrected chi connectivity index (χ0v) is 12.1. The average molecular weight is 327 g/mol. The summed E-state index contributed by atoms with van der Waals surface area (Å²) < 4.78 is 40.3. The third-order valence-electron chi connectivity index (χ3n) is 3.73. The van der Waals surface area contributed by atoms with Gasteiger partial charge < -0.3 is 4.74 Å². The summed E-state index contributed by atoms with van der Waals surface area (Å²) in [7, 11) is -4.68. The third-order valence-corrected chi connectivity index (χ3v) is 4.22. The molecule has 2 fully saturated rings. The highest BCUT2D eigenvalue weighted by Gasteiger charge is 2.54. The largest absolute Gasteiger partial charge is 0.443 e. The number of fused-ring (bicyclic) bond motifs is 1. The van der Waals surface area contributed by atoms with Crippen LogP contribution in [-0.2, 0) is 19.3 Å². The van der Waals surface area contributed by atoms with E-state index in [4.69, 9.17) is 9.29 Å². The van der Waals surface area contributed by atoms with Crippen LogP contribution in [0.3, 0.4) is 0 Å². The molecular weight excluding hydrogens is 314 g/mol. The summed E-state index contributed by atoms with van der Waals surface area (Å²) in [4.78, 5) is 25.3. The van der Waals surface area contributed by atoms with Gasteiger partial charge in [-0.15, -0.1) is 0 Å². The number of hydrogen-bond acceptors (Lipinski definition) is 6. The van der Waals surface area contributed by atoms with Gasteiger partial charge in [0, 0.05) is 5.56 Å². The van der Waals surface area contributed by atoms with Gasteiger partial charge in [0.25, 0.3) is 5.91 Å². The van der Waals surface area contributed by atoms with Crippen molar-refractivity contribution in [1.82, 2.24) is 4.90 Å². The second-order valence-electron chi connectivity index (χ2n) is 5.09. The maximum absolute atomic E-state index is 12.5. The normalized spacial score (nSPS) is 27.6. The SMILES string of the molecule is O=C1O[C@@H]2CC[C@@H](OS(=O)(=O)O)[C@@H]2N1C(=O)c1ccccc1. The summed E-state index contributed by atoms with van der Waals surface area (Å²) in [6.07, 6.45) is -1.88. The lowest BCUT2D eigenvalue weighted by molar-refractivity contribution is 0.0655. The lowest BCUT2D eigenvalue weighted by Crippen LogP contribution is -2.46. The van der Waals surface area contributed by atoms with Gasteiger partial charge in [-0.2, -0.15) is 8.42 Å². The van der Waals surface area contributed by atoms with Crippen molar-refractivity contribution in [1.29, 1.82) is 0 Å². The predicted molar refractivity (Wildman–Crippen MR) is 72.3 cm³/mol. The lowest BCUT2D eigenvalue weighted by Gasteiger charge is -2.23. The van der Waals surface area contributed by atoms with Crippen LogP contribution in [-0.4, -0.2) is 48.1 Å². The molecule has 0 bridgehead atoms. The van der Waals surface area contributed by atoms with Gasteiger partial charge in [0.15, 0.2) is 0 Å². The Bertz CT molecular complexity index is 702. The number of rotatable bonds is 3. The van der Waals surface area contributed by atoms with Gasteiger partial charge in [0.2, 0.25) is 0 Å². The fourth-order valence-corrected chi connectivity index (χ4v) is 3.40. The van der Waals surface area contributed by atoms with Crippen molar-refractivity contribution < 1.29 is 31.5 Å². The van der Waals surface area contributed by atoms with E-state index in [-0.39, 0.29) is 12.0 Å². The smallest absolute Gasteiger partial charge is 0.417 e. The minimum Gasteiger partial charge on any atom is -0.443 e. The molecule has 1 aromatic rings. The van der Waals surface area contributed by atoms with Crippen molar-refractivity contribution >= 4 is 22.4 Å². The lowest BCUT2D eigenvalue weighted by atomic mass is 10.1. The maximum atomic E-state index is 12.5. The molecule has 1 heterocycles. The van der Waals surface area contributed by atoms with Crippen molar-refractivity contribution in [3.8, 4) is 0 Å². The van der Waals surface area contributed by atoms with Gasteiger partial charge in [-0.1, -0.05) is 18.2 Å². The van der Waals surface area contributed by atoms with Gasteiger partial charge in [-0.25, -0.2) is 13.9 Å². The van der Waals surface area contributed by atoms with Crippen LogP contribution in [0.1, 0.15) is 23.2 Å². The minimum absolute atomic E-state index is 0.251. The number of benzene rings is 1. The topological polar surface area (TPSA) is 110 Å². The molecule has 2 amide bonds. The first-order valence-corrected chi connectivity index (χ1v) is 7.98. The van der Waals surface area contributed by atoms with Crippen LogP contribution in [0.5, 0.6) is 0 Å².